The van der Waals surface area contributed by atoms with Crippen LogP contribution in [0.2, 0.25) is 0 Å². The Labute approximate surface area is 106 Å². The van der Waals surface area contributed by atoms with Gasteiger partial charge in [0.1, 0.15) is 0 Å². The Balaban J connectivity index is 2.52. The summed E-state index contributed by atoms with van der Waals surface area (Å²) in [5.74, 6) is -0.783. The van der Waals surface area contributed by atoms with Crippen LogP contribution in [0.1, 0.15) is 20.3 Å². The Morgan fingerprint density at radius 2 is 2.11 bits per heavy atom. The van der Waals surface area contributed by atoms with E-state index in [-0.39, 0.29) is 24.3 Å². The van der Waals surface area contributed by atoms with Gasteiger partial charge in [0.05, 0.1) is 0 Å². The molecule has 0 saturated heterocycles. The SMILES string of the molecule is CC(CCO)NC(=O)C(C)Oc1ccccc1F. The number of hydrogen-bond acceptors (Lipinski definition) is 3. The third-order valence-corrected chi connectivity index (χ3v) is 2.46. The fourth-order valence-electron chi connectivity index (χ4n) is 1.41. The molecule has 1 aromatic rings. The molecular weight excluding hydrogens is 237 g/mol. The Kier molecular flexibility index (Phi) is 5.58. The first-order chi connectivity index (χ1) is 8.54. The first-order valence-electron chi connectivity index (χ1n) is 5.87. The number of aliphatic hydroxyl groups excluding tert-OH is 1. The third kappa shape index (κ3) is 4.33. The topological polar surface area (TPSA) is 58.6 Å². The molecule has 4 nitrogen and oxygen atoms in total. The lowest BCUT2D eigenvalue weighted by molar-refractivity contribution is -0.128. The van der Waals surface area contributed by atoms with E-state index in [0.717, 1.165) is 0 Å². The molecule has 0 bridgehead atoms. The van der Waals surface area contributed by atoms with Gasteiger partial charge in [-0.2, -0.15) is 0 Å². The number of nitrogens with one attached hydrogen (secondary N) is 1. The van der Waals surface area contributed by atoms with Crippen molar-refractivity contribution in [2.75, 3.05) is 6.61 Å². The summed E-state index contributed by atoms with van der Waals surface area (Å²) < 4.78 is 18.5. The largest absolute Gasteiger partial charge is 0.478 e. The van der Waals surface area contributed by atoms with Crippen molar-refractivity contribution in [3.63, 3.8) is 0 Å². The van der Waals surface area contributed by atoms with Crippen LogP contribution in [0.5, 0.6) is 5.75 Å². The number of carbonyl (C=O) groups excluding carboxylic acids is 1. The molecule has 0 heterocycles. The smallest absolute Gasteiger partial charge is 0.260 e. The quantitative estimate of drug-likeness (QED) is 0.809. The summed E-state index contributed by atoms with van der Waals surface area (Å²) in [6.45, 7) is 3.33. The molecule has 0 aliphatic rings. The summed E-state index contributed by atoms with van der Waals surface area (Å²) in [6.07, 6.45) is -0.318. The maximum atomic E-state index is 13.3. The van der Waals surface area contributed by atoms with E-state index < -0.39 is 11.9 Å². The molecule has 0 aliphatic carbocycles. The summed E-state index contributed by atoms with van der Waals surface area (Å²) in [5, 5.41) is 11.4. The first-order valence-corrected chi connectivity index (χ1v) is 5.87. The van der Waals surface area contributed by atoms with Crippen LogP contribution in [-0.4, -0.2) is 29.8 Å². The average Bonchev–Trinajstić information content (AvgIpc) is 2.32. The number of amides is 1. The molecule has 0 spiro atoms. The summed E-state index contributed by atoms with van der Waals surface area (Å²) in [4.78, 5) is 11.7. The first kappa shape index (κ1) is 14.4. The highest BCUT2D eigenvalue weighted by molar-refractivity contribution is 5.80. The van der Waals surface area contributed by atoms with E-state index in [1.54, 1.807) is 26.0 Å². The van der Waals surface area contributed by atoms with E-state index in [4.69, 9.17) is 9.84 Å². The van der Waals surface area contributed by atoms with Crippen molar-refractivity contribution in [2.24, 2.45) is 0 Å². The Bertz CT molecular complexity index is 398. The lowest BCUT2D eigenvalue weighted by atomic mass is 10.2. The summed E-state index contributed by atoms with van der Waals surface area (Å²) in [7, 11) is 0. The molecule has 2 atom stereocenters. The molecule has 1 aromatic carbocycles. The van der Waals surface area contributed by atoms with Gasteiger partial charge in [-0.1, -0.05) is 12.1 Å². The highest BCUT2D eigenvalue weighted by Gasteiger charge is 2.17. The normalized spacial score (nSPS) is 13.8. The molecule has 18 heavy (non-hydrogen) atoms. The number of halogens is 1. The highest BCUT2D eigenvalue weighted by Crippen LogP contribution is 2.17. The van der Waals surface area contributed by atoms with Crippen LogP contribution in [0, 0.1) is 5.82 Å². The zero-order valence-electron chi connectivity index (χ0n) is 10.5. The van der Waals surface area contributed by atoms with E-state index in [2.05, 4.69) is 5.32 Å². The van der Waals surface area contributed by atoms with Gasteiger partial charge < -0.3 is 15.2 Å². The van der Waals surface area contributed by atoms with Gasteiger partial charge in [0.25, 0.3) is 5.91 Å². The van der Waals surface area contributed by atoms with Crippen LogP contribution < -0.4 is 10.1 Å². The zero-order valence-corrected chi connectivity index (χ0v) is 10.5. The molecule has 0 radical (unpaired) electrons. The monoisotopic (exact) mass is 255 g/mol. The van der Waals surface area contributed by atoms with Crippen LogP contribution >= 0.6 is 0 Å². The van der Waals surface area contributed by atoms with E-state index in [9.17, 15) is 9.18 Å². The van der Waals surface area contributed by atoms with Crippen LogP contribution in [-0.2, 0) is 4.79 Å². The van der Waals surface area contributed by atoms with Crippen LogP contribution in [0.3, 0.4) is 0 Å². The maximum absolute atomic E-state index is 13.3. The third-order valence-electron chi connectivity index (χ3n) is 2.46. The molecule has 0 saturated carbocycles. The van der Waals surface area contributed by atoms with Crippen LogP contribution in [0.25, 0.3) is 0 Å². The van der Waals surface area contributed by atoms with Gasteiger partial charge in [-0.05, 0) is 32.4 Å². The standard InChI is InChI=1S/C13H18FNO3/c1-9(7-8-16)15-13(17)10(2)18-12-6-4-3-5-11(12)14/h3-6,9-10,16H,7-8H2,1-2H3,(H,15,17). The second kappa shape index (κ2) is 6.96. The van der Waals surface area contributed by atoms with Gasteiger partial charge in [-0.3, -0.25) is 4.79 Å². The second-order valence-electron chi connectivity index (χ2n) is 4.11. The van der Waals surface area contributed by atoms with Crippen molar-refractivity contribution in [3.05, 3.63) is 30.1 Å². The zero-order chi connectivity index (χ0) is 13.5. The minimum Gasteiger partial charge on any atom is -0.478 e. The van der Waals surface area contributed by atoms with Gasteiger partial charge in [0.2, 0.25) is 0 Å². The van der Waals surface area contributed by atoms with Gasteiger partial charge >= 0.3 is 0 Å². The molecule has 5 heteroatoms. The summed E-state index contributed by atoms with van der Waals surface area (Å²) in [5.41, 5.74) is 0. The minimum absolute atomic E-state index is 0.00397. The number of ether oxygens (including phenoxy) is 1. The number of benzene rings is 1. The van der Waals surface area contributed by atoms with Crippen molar-refractivity contribution < 1.29 is 19.0 Å². The lowest BCUT2D eigenvalue weighted by Gasteiger charge is -2.18. The number of aliphatic hydroxyl groups is 1. The van der Waals surface area contributed by atoms with Crippen LogP contribution in [0.4, 0.5) is 4.39 Å². The van der Waals surface area contributed by atoms with Crippen molar-refractivity contribution in [3.8, 4) is 5.75 Å². The van der Waals surface area contributed by atoms with Crippen LogP contribution in [0.15, 0.2) is 24.3 Å². The molecule has 1 rings (SSSR count). The predicted molar refractivity (Wildman–Crippen MR) is 65.8 cm³/mol. The van der Waals surface area contributed by atoms with Crippen molar-refractivity contribution >= 4 is 5.91 Å². The fraction of sp³-hybridized carbons (Fsp3) is 0.462. The summed E-state index contributed by atoms with van der Waals surface area (Å²) >= 11 is 0. The van der Waals surface area contributed by atoms with Gasteiger partial charge in [0, 0.05) is 12.6 Å². The highest BCUT2D eigenvalue weighted by atomic mass is 19.1. The fourth-order valence-corrected chi connectivity index (χ4v) is 1.41. The Hall–Kier alpha value is -1.62. The van der Waals surface area contributed by atoms with E-state index in [1.165, 1.54) is 12.1 Å². The van der Waals surface area contributed by atoms with E-state index in [0.29, 0.717) is 6.42 Å². The van der Waals surface area contributed by atoms with Gasteiger partial charge in [-0.15, -0.1) is 0 Å². The number of para-hydroxylation sites is 1. The van der Waals surface area contributed by atoms with Crippen molar-refractivity contribution in [1.29, 1.82) is 0 Å². The molecule has 2 N–H and O–H groups in total. The molecule has 0 aromatic heterocycles. The molecule has 0 fully saturated rings. The molecule has 1 amide bonds. The van der Waals surface area contributed by atoms with E-state index >= 15 is 0 Å². The number of rotatable bonds is 6. The van der Waals surface area contributed by atoms with Gasteiger partial charge in [-0.25, -0.2) is 4.39 Å². The lowest BCUT2D eigenvalue weighted by Crippen LogP contribution is -2.41. The van der Waals surface area contributed by atoms with Crippen molar-refractivity contribution in [2.45, 2.75) is 32.4 Å². The maximum Gasteiger partial charge on any atom is 0.260 e. The summed E-state index contributed by atoms with van der Waals surface area (Å²) in [6, 6.07) is 5.78. The Morgan fingerprint density at radius 1 is 1.44 bits per heavy atom. The molecular formula is C13H18FNO3. The molecule has 2 unspecified atom stereocenters. The molecule has 0 aliphatic heterocycles. The Morgan fingerprint density at radius 3 is 2.72 bits per heavy atom. The van der Waals surface area contributed by atoms with Gasteiger partial charge in [0.15, 0.2) is 17.7 Å². The minimum atomic E-state index is -0.789. The van der Waals surface area contributed by atoms with Crippen molar-refractivity contribution in [1.82, 2.24) is 5.32 Å². The second-order valence-corrected chi connectivity index (χ2v) is 4.11. The van der Waals surface area contributed by atoms with E-state index in [1.807, 2.05) is 0 Å². The number of hydrogen-bond donors (Lipinski definition) is 2. The average molecular weight is 255 g/mol. The predicted octanol–water partition coefficient (Wildman–Crippen LogP) is 1.48. The molecule has 100 valence electrons. The number of carbonyl (C=O) groups is 1.